The fraction of sp³-hybridized carbons (Fsp3) is 0.0588. The predicted octanol–water partition coefficient (Wildman–Crippen LogP) is 4.55. The van der Waals surface area contributed by atoms with Crippen LogP contribution in [0.25, 0.3) is 6.08 Å². The summed E-state index contributed by atoms with van der Waals surface area (Å²) in [5.74, 6) is -1.05. The molecule has 3 nitrogen and oxygen atoms in total. The van der Waals surface area contributed by atoms with E-state index in [2.05, 4.69) is 26.2 Å². The quantitative estimate of drug-likeness (QED) is 0.798. The van der Waals surface area contributed by atoms with Crippen LogP contribution in [-0.4, -0.2) is 19.2 Å². The Labute approximate surface area is 136 Å². The Bertz CT molecular complexity index is 741. The van der Waals surface area contributed by atoms with E-state index in [1.807, 2.05) is 18.2 Å². The van der Waals surface area contributed by atoms with Gasteiger partial charge in [0.1, 0.15) is 5.82 Å². The molecule has 112 valence electrons. The summed E-state index contributed by atoms with van der Waals surface area (Å²) in [7, 11) is 1.69. The maximum Gasteiger partial charge on any atom is 0.258 e. The maximum atomic E-state index is 13.7. The summed E-state index contributed by atoms with van der Waals surface area (Å²) < 4.78 is 14.3. The van der Waals surface area contributed by atoms with Crippen LogP contribution in [0, 0.1) is 5.82 Å². The van der Waals surface area contributed by atoms with Gasteiger partial charge in [0.05, 0.1) is 5.56 Å². The lowest BCUT2D eigenvalue weighted by Gasteiger charge is -2.07. The minimum atomic E-state index is -0.559. The molecule has 0 aromatic heterocycles. The van der Waals surface area contributed by atoms with Crippen LogP contribution in [-0.2, 0) is 0 Å². The number of anilines is 1. The molecule has 0 aliphatic carbocycles. The van der Waals surface area contributed by atoms with Gasteiger partial charge in [-0.2, -0.15) is 0 Å². The summed E-state index contributed by atoms with van der Waals surface area (Å²) >= 11 is 3.23. The summed E-state index contributed by atoms with van der Waals surface area (Å²) in [5.41, 5.74) is 1.50. The lowest BCUT2D eigenvalue weighted by Crippen LogP contribution is -2.13. The molecule has 0 saturated carbocycles. The summed E-state index contributed by atoms with van der Waals surface area (Å²) in [6, 6.07) is 11.5. The van der Waals surface area contributed by atoms with Gasteiger partial charge >= 0.3 is 0 Å². The first-order valence-corrected chi connectivity index (χ1v) is 7.35. The summed E-state index contributed by atoms with van der Waals surface area (Å²) in [5, 5.41) is 2.69. The van der Waals surface area contributed by atoms with Crippen molar-refractivity contribution in [3.05, 3.63) is 70.0 Å². The number of nitrogens with one attached hydrogen (secondary N) is 1. The second-order valence-corrected chi connectivity index (χ2v) is 5.39. The number of carbonyl (C=O) groups is 1. The van der Waals surface area contributed by atoms with Crippen LogP contribution in [0.1, 0.15) is 15.9 Å². The molecule has 0 aliphatic rings. The number of carbonyl (C=O) groups excluding carboxylic acids is 1. The number of aliphatic imine (C=N–C) groups is 1. The molecule has 0 spiro atoms. The van der Waals surface area contributed by atoms with Gasteiger partial charge in [-0.15, -0.1) is 0 Å². The Kier molecular flexibility index (Phi) is 5.61. The van der Waals surface area contributed by atoms with Gasteiger partial charge in [0.15, 0.2) is 0 Å². The van der Waals surface area contributed by atoms with Gasteiger partial charge in [-0.25, -0.2) is 4.39 Å². The van der Waals surface area contributed by atoms with Crippen molar-refractivity contribution in [2.45, 2.75) is 0 Å². The molecule has 5 heteroatoms. The van der Waals surface area contributed by atoms with Gasteiger partial charge in [0.2, 0.25) is 0 Å². The first-order chi connectivity index (χ1) is 10.6. The summed E-state index contributed by atoms with van der Waals surface area (Å²) in [6.45, 7) is 0. The Morgan fingerprint density at radius 2 is 2.09 bits per heavy atom. The Hall–Kier alpha value is -2.27. The Morgan fingerprint density at radius 3 is 2.86 bits per heavy atom. The van der Waals surface area contributed by atoms with Crippen LogP contribution in [0.2, 0.25) is 0 Å². The number of allylic oxidation sites excluding steroid dienone is 1. The van der Waals surface area contributed by atoms with Crippen LogP contribution < -0.4 is 5.32 Å². The third kappa shape index (κ3) is 4.36. The molecule has 0 aliphatic heterocycles. The Morgan fingerprint density at radius 1 is 1.27 bits per heavy atom. The first-order valence-electron chi connectivity index (χ1n) is 6.55. The van der Waals surface area contributed by atoms with E-state index < -0.39 is 11.7 Å². The van der Waals surface area contributed by atoms with Crippen LogP contribution in [0.5, 0.6) is 0 Å². The molecule has 0 atom stereocenters. The minimum Gasteiger partial charge on any atom is -0.322 e. The highest BCUT2D eigenvalue weighted by Crippen LogP contribution is 2.18. The minimum absolute atomic E-state index is 0.00608. The summed E-state index contributed by atoms with van der Waals surface area (Å²) in [4.78, 5) is 16.0. The number of rotatable bonds is 4. The van der Waals surface area contributed by atoms with Crippen molar-refractivity contribution in [2.24, 2.45) is 4.99 Å². The molecule has 0 fully saturated rings. The molecule has 0 radical (unpaired) electrons. The predicted molar refractivity (Wildman–Crippen MR) is 91.9 cm³/mol. The molecular formula is C17H14BrFN2O. The molecule has 0 bridgehead atoms. The molecule has 22 heavy (non-hydrogen) atoms. The SMILES string of the molecule is CN=C/C=C/c1cccc(NC(=O)c2cc(Br)ccc2F)c1. The zero-order chi connectivity index (χ0) is 15.9. The molecule has 2 rings (SSSR count). The highest BCUT2D eigenvalue weighted by atomic mass is 79.9. The van der Waals surface area contributed by atoms with Crippen LogP contribution in [0.3, 0.4) is 0 Å². The number of halogens is 2. The van der Waals surface area contributed by atoms with Crippen molar-refractivity contribution in [3.8, 4) is 0 Å². The lowest BCUT2D eigenvalue weighted by molar-refractivity contribution is 0.102. The van der Waals surface area contributed by atoms with Crippen molar-refractivity contribution < 1.29 is 9.18 Å². The average Bonchev–Trinajstić information content (AvgIpc) is 2.50. The van der Waals surface area contributed by atoms with Gasteiger partial charge in [0, 0.05) is 23.4 Å². The number of benzene rings is 2. The maximum absolute atomic E-state index is 13.7. The van der Waals surface area contributed by atoms with Crippen molar-refractivity contribution >= 4 is 39.8 Å². The van der Waals surface area contributed by atoms with E-state index in [1.165, 1.54) is 12.1 Å². The van der Waals surface area contributed by atoms with E-state index in [0.29, 0.717) is 10.2 Å². The van der Waals surface area contributed by atoms with E-state index in [-0.39, 0.29) is 5.56 Å². The standard InChI is InChI=1S/C17H14BrFN2O/c1-20-9-3-5-12-4-2-6-14(10-12)21-17(22)15-11-13(18)7-8-16(15)19/h2-11H,1H3,(H,21,22)/b5-3+,20-9?. The fourth-order valence-electron chi connectivity index (χ4n) is 1.83. The normalized spacial score (nSPS) is 11.2. The smallest absolute Gasteiger partial charge is 0.258 e. The molecule has 1 amide bonds. The fourth-order valence-corrected chi connectivity index (χ4v) is 2.19. The van der Waals surface area contributed by atoms with Crippen molar-refractivity contribution in [3.63, 3.8) is 0 Å². The molecule has 0 unspecified atom stereocenters. The monoisotopic (exact) mass is 360 g/mol. The van der Waals surface area contributed by atoms with E-state index in [0.717, 1.165) is 5.56 Å². The molecule has 2 aromatic rings. The van der Waals surface area contributed by atoms with Gasteiger partial charge in [-0.1, -0.05) is 34.1 Å². The molecule has 0 saturated heterocycles. The van der Waals surface area contributed by atoms with Crippen molar-refractivity contribution in [1.82, 2.24) is 0 Å². The first kappa shape index (κ1) is 16.1. The number of amides is 1. The van der Waals surface area contributed by atoms with E-state index in [9.17, 15) is 9.18 Å². The van der Waals surface area contributed by atoms with E-state index in [4.69, 9.17) is 0 Å². The third-order valence-corrected chi connectivity index (χ3v) is 3.33. The lowest BCUT2D eigenvalue weighted by atomic mass is 10.1. The van der Waals surface area contributed by atoms with Gasteiger partial charge in [0.25, 0.3) is 5.91 Å². The molecular weight excluding hydrogens is 347 g/mol. The van der Waals surface area contributed by atoms with E-state index >= 15 is 0 Å². The van der Waals surface area contributed by atoms with Crippen LogP contribution >= 0.6 is 15.9 Å². The molecule has 0 heterocycles. The highest BCUT2D eigenvalue weighted by molar-refractivity contribution is 9.10. The highest BCUT2D eigenvalue weighted by Gasteiger charge is 2.12. The number of nitrogens with zero attached hydrogens (tertiary/aromatic N) is 1. The third-order valence-electron chi connectivity index (χ3n) is 2.84. The Balaban J connectivity index is 2.18. The molecule has 2 aromatic carbocycles. The van der Waals surface area contributed by atoms with Gasteiger partial charge in [-0.3, -0.25) is 9.79 Å². The van der Waals surface area contributed by atoms with Crippen molar-refractivity contribution in [1.29, 1.82) is 0 Å². The largest absolute Gasteiger partial charge is 0.322 e. The second-order valence-electron chi connectivity index (χ2n) is 4.47. The zero-order valence-corrected chi connectivity index (χ0v) is 13.5. The number of hydrogen-bond donors (Lipinski definition) is 1. The van der Waals surface area contributed by atoms with Gasteiger partial charge < -0.3 is 5.32 Å². The zero-order valence-electron chi connectivity index (χ0n) is 11.9. The van der Waals surface area contributed by atoms with Crippen LogP contribution in [0.15, 0.2) is 58.0 Å². The summed E-state index contributed by atoms with van der Waals surface area (Å²) in [6.07, 6.45) is 5.33. The average molecular weight is 361 g/mol. The van der Waals surface area contributed by atoms with Crippen molar-refractivity contribution in [2.75, 3.05) is 12.4 Å². The second kappa shape index (κ2) is 7.66. The van der Waals surface area contributed by atoms with Crippen LogP contribution in [0.4, 0.5) is 10.1 Å². The van der Waals surface area contributed by atoms with E-state index in [1.54, 1.807) is 37.5 Å². The number of hydrogen-bond acceptors (Lipinski definition) is 2. The molecule has 1 N–H and O–H groups in total. The topological polar surface area (TPSA) is 41.5 Å². The van der Waals surface area contributed by atoms with Gasteiger partial charge in [-0.05, 0) is 42.0 Å².